The third kappa shape index (κ3) is 2.41. The van der Waals surface area contributed by atoms with Crippen LogP contribution in [-0.2, 0) is 6.54 Å². The number of hydrogen-bond acceptors (Lipinski definition) is 3. The largest absolute Gasteiger partial charge is 0.298 e. The molecule has 1 aromatic carbocycles. The van der Waals surface area contributed by atoms with Crippen LogP contribution in [0.5, 0.6) is 0 Å². The van der Waals surface area contributed by atoms with E-state index in [1.807, 2.05) is 37.6 Å². The molecule has 96 valence electrons. The highest BCUT2D eigenvalue weighted by atomic mass is 16.1. The van der Waals surface area contributed by atoms with E-state index in [1.54, 1.807) is 6.07 Å². The number of rotatable bonds is 3. The van der Waals surface area contributed by atoms with Gasteiger partial charge in [-0.2, -0.15) is 10.4 Å². The topological polar surface area (TPSA) is 58.7 Å². The molecule has 0 amide bonds. The van der Waals surface area contributed by atoms with Crippen molar-refractivity contribution in [3.8, 4) is 6.07 Å². The minimum Gasteiger partial charge on any atom is -0.298 e. The van der Waals surface area contributed by atoms with Gasteiger partial charge in [0.1, 0.15) is 0 Å². The summed E-state index contributed by atoms with van der Waals surface area (Å²) in [7, 11) is 0. The maximum Gasteiger partial charge on any atom is 0.153 e. The maximum atomic E-state index is 11.0. The molecule has 2 rings (SSSR count). The van der Waals surface area contributed by atoms with Gasteiger partial charge in [0.2, 0.25) is 0 Å². The van der Waals surface area contributed by atoms with Crippen LogP contribution in [-0.4, -0.2) is 16.1 Å². The standard InChI is InChI=1S/C15H15N3O/c1-10-6-13(7-16)4-5-14(10)8-18-12(3)15(9-19)11(2)17-18/h4-6,9H,8H2,1-3H3. The highest BCUT2D eigenvalue weighted by molar-refractivity contribution is 5.78. The number of nitrogens with zero attached hydrogens (tertiary/aromatic N) is 3. The van der Waals surface area contributed by atoms with Crippen molar-refractivity contribution in [2.45, 2.75) is 27.3 Å². The first-order chi connectivity index (χ1) is 9.06. The van der Waals surface area contributed by atoms with Gasteiger partial charge in [0.15, 0.2) is 6.29 Å². The molecular weight excluding hydrogens is 238 g/mol. The van der Waals surface area contributed by atoms with Gasteiger partial charge in [-0.15, -0.1) is 0 Å². The molecule has 0 spiro atoms. The van der Waals surface area contributed by atoms with Crippen molar-refractivity contribution in [3.63, 3.8) is 0 Å². The Bertz CT molecular complexity index is 677. The summed E-state index contributed by atoms with van der Waals surface area (Å²) in [5.41, 5.74) is 5.09. The lowest BCUT2D eigenvalue weighted by atomic mass is 10.1. The lowest BCUT2D eigenvalue weighted by Crippen LogP contribution is -2.06. The number of hydrogen-bond donors (Lipinski definition) is 0. The minimum atomic E-state index is 0.609. The first-order valence-electron chi connectivity index (χ1n) is 6.05. The van der Waals surface area contributed by atoms with Crippen LogP contribution in [0.3, 0.4) is 0 Å². The summed E-state index contributed by atoms with van der Waals surface area (Å²) in [5.74, 6) is 0. The summed E-state index contributed by atoms with van der Waals surface area (Å²) < 4.78 is 1.83. The van der Waals surface area contributed by atoms with Crippen molar-refractivity contribution in [3.05, 3.63) is 51.8 Å². The molecule has 4 heteroatoms. The second-order valence-corrected chi connectivity index (χ2v) is 4.61. The first kappa shape index (κ1) is 13.0. The van der Waals surface area contributed by atoms with Gasteiger partial charge in [0.05, 0.1) is 29.4 Å². The van der Waals surface area contributed by atoms with E-state index < -0.39 is 0 Å². The van der Waals surface area contributed by atoms with Crippen molar-refractivity contribution in [1.82, 2.24) is 9.78 Å². The van der Waals surface area contributed by atoms with Crippen LogP contribution in [0.15, 0.2) is 18.2 Å². The summed E-state index contributed by atoms with van der Waals surface area (Å²) in [6, 6.07) is 7.72. The molecule has 0 atom stereocenters. The normalized spacial score (nSPS) is 10.2. The van der Waals surface area contributed by atoms with E-state index in [9.17, 15) is 4.79 Å². The SMILES string of the molecule is Cc1cc(C#N)ccc1Cn1nc(C)c(C=O)c1C. The van der Waals surface area contributed by atoms with Gasteiger partial charge in [0.25, 0.3) is 0 Å². The van der Waals surface area contributed by atoms with Crippen molar-refractivity contribution in [2.24, 2.45) is 0 Å². The number of aldehydes is 1. The van der Waals surface area contributed by atoms with E-state index in [2.05, 4.69) is 11.2 Å². The summed E-state index contributed by atoms with van der Waals surface area (Å²) in [5, 5.41) is 13.2. The Morgan fingerprint density at radius 3 is 2.63 bits per heavy atom. The third-order valence-electron chi connectivity index (χ3n) is 3.35. The number of nitriles is 1. The molecule has 0 unspecified atom stereocenters. The summed E-state index contributed by atoms with van der Waals surface area (Å²) in [4.78, 5) is 11.0. The number of benzene rings is 1. The van der Waals surface area contributed by atoms with E-state index >= 15 is 0 Å². The fourth-order valence-electron chi connectivity index (χ4n) is 2.14. The van der Waals surface area contributed by atoms with Crippen LogP contribution in [0.25, 0.3) is 0 Å². The molecule has 0 fully saturated rings. The molecule has 19 heavy (non-hydrogen) atoms. The highest BCUT2D eigenvalue weighted by Gasteiger charge is 2.11. The van der Waals surface area contributed by atoms with Crippen molar-refractivity contribution in [1.29, 1.82) is 5.26 Å². The second-order valence-electron chi connectivity index (χ2n) is 4.61. The Kier molecular flexibility index (Phi) is 3.48. The van der Waals surface area contributed by atoms with Crippen LogP contribution < -0.4 is 0 Å². The first-order valence-corrected chi connectivity index (χ1v) is 6.05. The van der Waals surface area contributed by atoms with E-state index in [-0.39, 0.29) is 0 Å². The van der Waals surface area contributed by atoms with Gasteiger partial charge >= 0.3 is 0 Å². The Balaban J connectivity index is 2.37. The minimum absolute atomic E-state index is 0.609. The second kappa shape index (κ2) is 5.07. The van der Waals surface area contributed by atoms with Gasteiger partial charge < -0.3 is 0 Å². The van der Waals surface area contributed by atoms with Gasteiger partial charge in [-0.1, -0.05) is 6.07 Å². The van der Waals surface area contributed by atoms with E-state index in [0.29, 0.717) is 17.7 Å². The van der Waals surface area contributed by atoms with Crippen LogP contribution in [0.2, 0.25) is 0 Å². The lowest BCUT2D eigenvalue weighted by molar-refractivity contribution is 0.112. The molecule has 0 aliphatic rings. The Morgan fingerprint density at radius 2 is 2.11 bits per heavy atom. The highest BCUT2D eigenvalue weighted by Crippen LogP contribution is 2.16. The quantitative estimate of drug-likeness (QED) is 0.790. The summed E-state index contributed by atoms with van der Waals surface area (Å²) in [6.45, 7) is 6.31. The average Bonchev–Trinajstić information content (AvgIpc) is 2.66. The molecule has 0 saturated carbocycles. The molecule has 0 bridgehead atoms. The van der Waals surface area contributed by atoms with Crippen LogP contribution in [0.1, 0.15) is 38.4 Å². The molecule has 4 nitrogen and oxygen atoms in total. The van der Waals surface area contributed by atoms with Crippen molar-refractivity contribution >= 4 is 6.29 Å². The maximum absolute atomic E-state index is 11.0. The average molecular weight is 253 g/mol. The van der Waals surface area contributed by atoms with Gasteiger partial charge in [-0.3, -0.25) is 9.48 Å². The van der Waals surface area contributed by atoms with Gasteiger partial charge in [-0.25, -0.2) is 0 Å². The van der Waals surface area contributed by atoms with Crippen LogP contribution in [0.4, 0.5) is 0 Å². The van der Waals surface area contributed by atoms with Gasteiger partial charge in [-0.05, 0) is 44.0 Å². The Labute approximate surface area is 112 Å². The molecule has 1 aromatic heterocycles. The van der Waals surface area contributed by atoms with Crippen LogP contribution >= 0.6 is 0 Å². The molecule has 0 N–H and O–H groups in total. The zero-order valence-corrected chi connectivity index (χ0v) is 11.3. The fourth-order valence-corrected chi connectivity index (χ4v) is 2.14. The monoisotopic (exact) mass is 253 g/mol. The third-order valence-corrected chi connectivity index (χ3v) is 3.35. The van der Waals surface area contributed by atoms with Crippen LogP contribution in [0, 0.1) is 32.1 Å². The Hall–Kier alpha value is -2.41. The zero-order chi connectivity index (χ0) is 14.0. The number of carbonyl (C=O) groups is 1. The smallest absolute Gasteiger partial charge is 0.153 e. The number of carbonyl (C=O) groups excluding carboxylic acids is 1. The molecule has 2 aromatic rings. The lowest BCUT2D eigenvalue weighted by Gasteiger charge is -2.08. The Morgan fingerprint density at radius 1 is 1.37 bits per heavy atom. The van der Waals surface area contributed by atoms with Crippen molar-refractivity contribution in [2.75, 3.05) is 0 Å². The van der Waals surface area contributed by atoms with E-state index in [4.69, 9.17) is 5.26 Å². The summed E-state index contributed by atoms with van der Waals surface area (Å²) >= 11 is 0. The predicted octanol–water partition coefficient (Wildman–Crippen LogP) is 2.54. The zero-order valence-electron chi connectivity index (χ0n) is 11.3. The number of aromatic nitrogens is 2. The molecule has 0 radical (unpaired) electrons. The predicted molar refractivity (Wildman–Crippen MR) is 72.1 cm³/mol. The molecular formula is C15H15N3O. The van der Waals surface area contributed by atoms with E-state index in [0.717, 1.165) is 28.8 Å². The van der Waals surface area contributed by atoms with Crippen molar-refractivity contribution < 1.29 is 4.79 Å². The molecule has 0 aliphatic carbocycles. The van der Waals surface area contributed by atoms with Gasteiger partial charge in [0, 0.05) is 5.69 Å². The molecule has 1 heterocycles. The fraction of sp³-hybridized carbons (Fsp3) is 0.267. The molecule has 0 aliphatic heterocycles. The summed E-state index contributed by atoms with van der Waals surface area (Å²) in [6.07, 6.45) is 0.847. The number of aryl methyl sites for hydroxylation is 2. The van der Waals surface area contributed by atoms with E-state index in [1.165, 1.54) is 0 Å². The molecule has 0 saturated heterocycles.